The number of anilines is 1. The molecule has 29 heavy (non-hydrogen) atoms. The lowest BCUT2D eigenvalue weighted by molar-refractivity contribution is -0.120. The quantitative estimate of drug-likeness (QED) is 0.663. The zero-order valence-corrected chi connectivity index (χ0v) is 17.0. The van der Waals surface area contributed by atoms with Gasteiger partial charge in [0.2, 0.25) is 15.9 Å². The molecule has 1 N–H and O–H groups in total. The molecule has 158 valence electrons. The molecule has 7 nitrogen and oxygen atoms in total. The van der Waals surface area contributed by atoms with Crippen molar-refractivity contribution in [1.29, 1.82) is 0 Å². The van der Waals surface area contributed by atoms with Crippen LogP contribution in [0.3, 0.4) is 0 Å². The van der Waals surface area contributed by atoms with Gasteiger partial charge in [-0.05, 0) is 43.3 Å². The standard InChI is InChI=1S/C19H22F2N2O5S/c1-13(12-28-16-7-5-15(27-2)6-8-16)22-19(24)11-23(29(3,25)26)18-9-4-14(20)10-17(18)21/h4-10,13H,11-12H2,1-3H3,(H,22,24)/t13-/m1/s1. The van der Waals surface area contributed by atoms with Gasteiger partial charge in [-0.15, -0.1) is 0 Å². The lowest BCUT2D eigenvalue weighted by atomic mass is 10.3. The fourth-order valence-electron chi connectivity index (χ4n) is 2.45. The second-order valence-corrected chi connectivity index (χ2v) is 8.23. The molecule has 0 fully saturated rings. The lowest BCUT2D eigenvalue weighted by Crippen LogP contribution is -2.45. The molecule has 0 spiro atoms. The first-order valence-electron chi connectivity index (χ1n) is 8.59. The zero-order chi connectivity index (χ0) is 21.6. The molecule has 2 aromatic carbocycles. The SMILES string of the molecule is COc1ccc(OC[C@@H](C)NC(=O)CN(c2ccc(F)cc2F)S(C)(=O)=O)cc1. The summed E-state index contributed by atoms with van der Waals surface area (Å²) in [4.78, 5) is 12.3. The fraction of sp³-hybridized carbons (Fsp3) is 0.316. The first kappa shape index (κ1) is 22.4. The summed E-state index contributed by atoms with van der Waals surface area (Å²) in [6.07, 6.45) is 0.833. The van der Waals surface area contributed by atoms with E-state index in [1.165, 1.54) is 0 Å². The van der Waals surface area contributed by atoms with Crippen LogP contribution in [0.2, 0.25) is 0 Å². The highest BCUT2D eigenvalue weighted by atomic mass is 32.2. The lowest BCUT2D eigenvalue weighted by Gasteiger charge is -2.23. The number of carbonyl (C=O) groups is 1. The van der Waals surface area contributed by atoms with Crippen molar-refractivity contribution in [2.24, 2.45) is 0 Å². The number of hydrogen-bond donors (Lipinski definition) is 1. The van der Waals surface area contributed by atoms with Crippen molar-refractivity contribution in [2.75, 3.05) is 30.8 Å². The second kappa shape index (κ2) is 9.55. The Hall–Kier alpha value is -2.88. The molecule has 0 aliphatic heterocycles. The van der Waals surface area contributed by atoms with Gasteiger partial charge in [-0.1, -0.05) is 0 Å². The molecule has 1 atom stereocenters. The molecule has 10 heteroatoms. The maximum Gasteiger partial charge on any atom is 0.241 e. The molecule has 0 aliphatic carbocycles. The molecule has 0 saturated carbocycles. The molecular formula is C19H22F2N2O5S. The van der Waals surface area contributed by atoms with E-state index in [-0.39, 0.29) is 6.61 Å². The zero-order valence-electron chi connectivity index (χ0n) is 16.2. The molecule has 0 radical (unpaired) electrons. The maximum atomic E-state index is 14.0. The topological polar surface area (TPSA) is 84.9 Å². The van der Waals surface area contributed by atoms with E-state index < -0.39 is 45.8 Å². The number of sulfonamides is 1. The Bertz CT molecular complexity index is 952. The third-order valence-corrected chi connectivity index (χ3v) is 4.96. The van der Waals surface area contributed by atoms with Crippen LogP contribution in [0.15, 0.2) is 42.5 Å². The van der Waals surface area contributed by atoms with Crippen LogP contribution >= 0.6 is 0 Å². The first-order valence-corrected chi connectivity index (χ1v) is 10.4. The number of carbonyl (C=O) groups excluding carboxylic acids is 1. The third-order valence-electron chi connectivity index (χ3n) is 3.83. The predicted molar refractivity (Wildman–Crippen MR) is 105 cm³/mol. The smallest absolute Gasteiger partial charge is 0.241 e. The van der Waals surface area contributed by atoms with E-state index in [4.69, 9.17) is 9.47 Å². The molecule has 0 bridgehead atoms. The number of halogens is 2. The van der Waals surface area contributed by atoms with Gasteiger partial charge >= 0.3 is 0 Å². The van der Waals surface area contributed by atoms with E-state index in [0.717, 1.165) is 18.4 Å². The van der Waals surface area contributed by atoms with Crippen LogP contribution in [0, 0.1) is 11.6 Å². The van der Waals surface area contributed by atoms with Crippen molar-refractivity contribution < 1.29 is 31.5 Å². The Balaban J connectivity index is 1.98. The highest BCUT2D eigenvalue weighted by Gasteiger charge is 2.24. The first-order chi connectivity index (χ1) is 13.6. The van der Waals surface area contributed by atoms with Crippen LogP contribution in [0.4, 0.5) is 14.5 Å². The third kappa shape index (κ3) is 6.60. The number of benzene rings is 2. The summed E-state index contributed by atoms with van der Waals surface area (Å²) < 4.78 is 62.3. The van der Waals surface area contributed by atoms with Crippen molar-refractivity contribution in [3.63, 3.8) is 0 Å². The Labute approximate surface area is 168 Å². The molecule has 2 aromatic rings. The Morgan fingerprint density at radius 1 is 1.14 bits per heavy atom. The normalized spacial score (nSPS) is 12.2. The van der Waals surface area contributed by atoms with Gasteiger partial charge in [0.05, 0.1) is 25.1 Å². The molecule has 0 aliphatic rings. The second-order valence-electron chi connectivity index (χ2n) is 6.32. The van der Waals surface area contributed by atoms with Crippen LogP contribution in [0.5, 0.6) is 11.5 Å². The van der Waals surface area contributed by atoms with Crippen LogP contribution < -0.4 is 19.1 Å². The van der Waals surface area contributed by atoms with Gasteiger partial charge in [0, 0.05) is 6.07 Å². The Morgan fingerprint density at radius 3 is 2.31 bits per heavy atom. The van der Waals surface area contributed by atoms with E-state index in [1.807, 2.05) is 0 Å². The van der Waals surface area contributed by atoms with E-state index >= 15 is 0 Å². The van der Waals surface area contributed by atoms with Gasteiger partial charge in [-0.3, -0.25) is 9.10 Å². The minimum atomic E-state index is -3.98. The highest BCUT2D eigenvalue weighted by molar-refractivity contribution is 7.92. The summed E-state index contributed by atoms with van der Waals surface area (Å²) in [5.74, 6) is -1.36. The van der Waals surface area contributed by atoms with Crippen LogP contribution in [-0.4, -0.2) is 46.9 Å². The Morgan fingerprint density at radius 2 is 1.76 bits per heavy atom. The minimum Gasteiger partial charge on any atom is -0.497 e. The van der Waals surface area contributed by atoms with Gasteiger partial charge in [-0.25, -0.2) is 17.2 Å². The number of ether oxygens (including phenoxy) is 2. The predicted octanol–water partition coefficient (Wildman–Crippen LogP) is 2.32. The summed E-state index contributed by atoms with van der Waals surface area (Å²) >= 11 is 0. The van der Waals surface area contributed by atoms with E-state index in [9.17, 15) is 22.0 Å². The average Bonchev–Trinajstić information content (AvgIpc) is 2.64. The molecule has 0 unspecified atom stereocenters. The van der Waals surface area contributed by atoms with Gasteiger partial charge in [0.15, 0.2) is 0 Å². The van der Waals surface area contributed by atoms with Gasteiger partial charge in [-0.2, -0.15) is 0 Å². The molecular weight excluding hydrogens is 406 g/mol. The van der Waals surface area contributed by atoms with E-state index in [2.05, 4.69) is 5.32 Å². The van der Waals surface area contributed by atoms with E-state index in [1.54, 1.807) is 38.3 Å². The van der Waals surface area contributed by atoms with E-state index in [0.29, 0.717) is 21.9 Å². The van der Waals surface area contributed by atoms with Crippen LogP contribution in [-0.2, 0) is 14.8 Å². The van der Waals surface area contributed by atoms with Crippen molar-refractivity contribution in [1.82, 2.24) is 5.32 Å². The number of amides is 1. The number of nitrogens with zero attached hydrogens (tertiary/aromatic N) is 1. The molecule has 1 amide bonds. The molecule has 0 saturated heterocycles. The molecule has 0 heterocycles. The highest BCUT2D eigenvalue weighted by Crippen LogP contribution is 2.22. The average molecular weight is 428 g/mol. The van der Waals surface area contributed by atoms with Crippen molar-refractivity contribution in [3.8, 4) is 11.5 Å². The molecule has 2 rings (SSSR count). The number of nitrogens with one attached hydrogen (secondary N) is 1. The van der Waals surface area contributed by atoms with Gasteiger partial charge < -0.3 is 14.8 Å². The fourth-order valence-corrected chi connectivity index (χ4v) is 3.31. The summed E-state index contributed by atoms with van der Waals surface area (Å²) in [6.45, 7) is 1.14. The summed E-state index contributed by atoms with van der Waals surface area (Å²) in [7, 11) is -2.43. The van der Waals surface area contributed by atoms with Crippen molar-refractivity contribution in [2.45, 2.75) is 13.0 Å². The summed E-state index contributed by atoms with van der Waals surface area (Å²) in [6, 6.07) is 8.83. The number of rotatable bonds is 9. The van der Waals surface area contributed by atoms with Gasteiger partial charge in [0.25, 0.3) is 0 Å². The Kier molecular flexibility index (Phi) is 7.38. The number of hydrogen-bond acceptors (Lipinski definition) is 5. The van der Waals surface area contributed by atoms with Crippen LogP contribution in [0.25, 0.3) is 0 Å². The monoisotopic (exact) mass is 428 g/mol. The minimum absolute atomic E-state index is 0.127. The number of methoxy groups -OCH3 is 1. The molecule has 0 aromatic heterocycles. The summed E-state index contributed by atoms with van der Waals surface area (Å²) in [5.41, 5.74) is -0.411. The summed E-state index contributed by atoms with van der Waals surface area (Å²) in [5, 5.41) is 2.58. The van der Waals surface area contributed by atoms with Crippen molar-refractivity contribution in [3.05, 3.63) is 54.1 Å². The van der Waals surface area contributed by atoms with Gasteiger partial charge in [0.1, 0.15) is 36.3 Å². The van der Waals surface area contributed by atoms with Crippen LogP contribution in [0.1, 0.15) is 6.92 Å². The largest absolute Gasteiger partial charge is 0.497 e. The van der Waals surface area contributed by atoms with Crippen molar-refractivity contribution >= 4 is 21.6 Å². The maximum absolute atomic E-state index is 14.0.